The van der Waals surface area contributed by atoms with Crippen LogP contribution in [0.2, 0.25) is 0 Å². The lowest BCUT2D eigenvalue weighted by Gasteiger charge is -2.49. The molecule has 2 saturated carbocycles. The van der Waals surface area contributed by atoms with Crippen molar-refractivity contribution in [1.29, 1.82) is 5.26 Å². The van der Waals surface area contributed by atoms with Crippen LogP contribution < -0.4 is 15.0 Å². The summed E-state index contributed by atoms with van der Waals surface area (Å²) in [5, 5.41) is 12.8. The Bertz CT molecular complexity index is 1090. The summed E-state index contributed by atoms with van der Waals surface area (Å²) < 4.78 is 5.46. The van der Waals surface area contributed by atoms with Crippen molar-refractivity contribution in [3.05, 3.63) is 47.9 Å². The number of aromatic nitrogens is 2. The van der Waals surface area contributed by atoms with Crippen LogP contribution in [-0.2, 0) is 5.54 Å². The largest absolute Gasteiger partial charge is 0.479 e. The van der Waals surface area contributed by atoms with E-state index >= 15 is 0 Å². The summed E-state index contributed by atoms with van der Waals surface area (Å²) >= 11 is 0. The Morgan fingerprint density at radius 1 is 1.21 bits per heavy atom. The average Bonchev–Trinajstić information content (AvgIpc) is 3.13. The standard InChI is InChI=1S/C26H32N6O2/c1-28-26(20-9-4-3-5-10-20)13-11-25(12-14-26)18-31(24(33)32(25)17-19-7-6-8-19)21-16-29-22(15-27)30-23(21)34-2/h3-5,9-10,16,19,28H,6-8,11-14,17-18H2,1-2H3. The zero-order valence-electron chi connectivity index (χ0n) is 20.0. The van der Waals surface area contributed by atoms with Gasteiger partial charge in [-0.25, -0.2) is 9.78 Å². The van der Waals surface area contributed by atoms with Crippen LogP contribution in [0.4, 0.5) is 10.5 Å². The highest BCUT2D eigenvalue weighted by Gasteiger charge is 2.55. The maximum absolute atomic E-state index is 13.8. The Labute approximate surface area is 200 Å². The maximum Gasteiger partial charge on any atom is 0.325 e. The van der Waals surface area contributed by atoms with Crippen LogP contribution in [0, 0.1) is 17.2 Å². The predicted molar refractivity (Wildman–Crippen MR) is 128 cm³/mol. The van der Waals surface area contributed by atoms with E-state index in [1.807, 2.05) is 13.1 Å². The predicted octanol–water partition coefficient (Wildman–Crippen LogP) is 3.83. The first-order valence-corrected chi connectivity index (χ1v) is 12.2. The highest BCUT2D eigenvalue weighted by atomic mass is 16.5. The highest BCUT2D eigenvalue weighted by Crippen LogP contribution is 2.49. The lowest BCUT2D eigenvalue weighted by atomic mass is 9.68. The van der Waals surface area contributed by atoms with Gasteiger partial charge in [0.2, 0.25) is 11.7 Å². The Balaban J connectivity index is 1.46. The van der Waals surface area contributed by atoms with Gasteiger partial charge in [0.25, 0.3) is 0 Å². The molecule has 178 valence electrons. The fourth-order valence-corrected chi connectivity index (χ4v) is 5.95. The summed E-state index contributed by atoms with van der Waals surface area (Å²) in [5.74, 6) is 0.878. The van der Waals surface area contributed by atoms with Gasteiger partial charge in [0.05, 0.1) is 25.4 Å². The van der Waals surface area contributed by atoms with Gasteiger partial charge < -0.3 is 15.0 Å². The van der Waals surface area contributed by atoms with Gasteiger partial charge in [-0.15, -0.1) is 0 Å². The van der Waals surface area contributed by atoms with Gasteiger partial charge in [-0.05, 0) is 57.1 Å². The van der Waals surface area contributed by atoms with E-state index in [0.29, 0.717) is 18.2 Å². The first-order chi connectivity index (χ1) is 16.5. The number of ether oxygens (including phenoxy) is 1. The molecule has 2 aromatic rings. The van der Waals surface area contributed by atoms with E-state index in [2.05, 4.69) is 50.5 Å². The van der Waals surface area contributed by atoms with Gasteiger partial charge in [0.15, 0.2) is 0 Å². The van der Waals surface area contributed by atoms with Crippen LogP contribution in [0.25, 0.3) is 0 Å². The van der Waals surface area contributed by atoms with Gasteiger partial charge in [0.1, 0.15) is 11.8 Å². The van der Waals surface area contributed by atoms with Crippen molar-refractivity contribution in [2.24, 2.45) is 5.92 Å². The molecule has 5 rings (SSSR count). The zero-order chi connectivity index (χ0) is 23.8. The molecule has 2 amide bonds. The molecule has 1 aromatic heterocycles. The molecule has 34 heavy (non-hydrogen) atoms. The molecule has 1 spiro atoms. The molecule has 0 radical (unpaired) electrons. The smallest absolute Gasteiger partial charge is 0.325 e. The number of rotatable bonds is 6. The fraction of sp³-hybridized carbons (Fsp3) is 0.538. The van der Waals surface area contributed by atoms with E-state index in [-0.39, 0.29) is 28.8 Å². The maximum atomic E-state index is 13.8. The highest BCUT2D eigenvalue weighted by molar-refractivity contribution is 5.96. The number of carbonyl (C=O) groups excluding carboxylic acids is 1. The summed E-state index contributed by atoms with van der Waals surface area (Å²) in [4.78, 5) is 26.1. The van der Waals surface area contributed by atoms with Crippen molar-refractivity contribution in [3.8, 4) is 11.9 Å². The molecule has 1 aliphatic heterocycles. The van der Waals surface area contributed by atoms with E-state index in [4.69, 9.17) is 4.74 Å². The number of hydrogen-bond donors (Lipinski definition) is 1. The van der Waals surface area contributed by atoms with Crippen LogP contribution in [0.5, 0.6) is 5.88 Å². The molecular weight excluding hydrogens is 428 g/mol. The molecule has 0 unspecified atom stereocenters. The van der Waals surface area contributed by atoms with Crippen molar-refractivity contribution in [3.63, 3.8) is 0 Å². The fourth-order valence-electron chi connectivity index (χ4n) is 5.95. The second-order valence-corrected chi connectivity index (χ2v) is 9.90. The Kier molecular flexibility index (Phi) is 5.90. The number of methoxy groups -OCH3 is 1. The molecule has 1 saturated heterocycles. The zero-order valence-corrected chi connectivity index (χ0v) is 20.0. The topological polar surface area (TPSA) is 94.4 Å². The van der Waals surface area contributed by atoms with Gasteiger partial charge in [0, 0.05) is 12.1 Å². The SMILES string of the molecule is CNC1(c2ccccc2)CCC2(CC1)CN(c1cnc(C#N)nc1OC)C(=O)N2CC1CCC1. The Morgan fingerprint density at radius 2 is 1.94 bits per heavy atom. The number of hydrogen-bond acceptors (Lipinski definition) is 6. The van der Waals surface area contributed by atoms with Crippen molar-refractivity contribution in [2.75, 3.05) is 32.1 Å². The monoisotopic (exact) mass is 460 g/mol. The number of nitriles is 1. The molecule has 2 heterocycles. The van der Waals surface area contributed by atoms with Crippen LogP contribution in [0.15, 0.2) is 36.5 Å². The number of urea groups is 1. The third-order valence-electron chi connectivity index (χ3n) is 8.31. The normalized spacial score (nSPS) is 27.0. The first kappa shape index (κ1) is 22.6. The summed E-state index contributed by atoms with van der Waals surface area (Å²) in [7, 11) is 3.55. The van der Waals surface area contributed by atoms with Gasteiger partial charge in [-0.2, -0.15) is 10.2 Å². The molecule has 8 heteroatoms. The van der Waals surface area contributed by atoms with E-state index in [1.54, 1.807) is 11.1 Å². The number of nitrogens with zero attached hydrogens (tertiary/aromatic N) is 5. The van der Waals surface area contributed by atoms with Crippen molar-refractivity contribution in [2.45, 2.75) is 56.0 Å². The molecule has 1 aromatic carbocycles. The summed E-state index contributed by atoms with van der Waals surface area (Å²) in [6.07, 6.45) is 8.91. The van der Waals surface area contributed by atoms with E-state index < -0.39 is 0 Å². The minimum Gasteiger partial charge on any atom is -0.479 e. The Morgan fingerprint density at radius 3 is 2.53 bits per heavy atom. The lowest BCUT2D eigenvalue weighted by molar-refractivity contribution is 0.0593. The van der Waals surface area contributed by atoms with E-state index in [1.165, 1.54) is 31.9 Å². The van der Waals surface area contributed by atoms with Gasteiger partial charge >= 0.3 is 6.03 Å². The summed E-state index contributed by atoms with van der Waals surface area (Å²) in [6, 6.07) is 12.6. The summed E-state index contributed by atoms with van der Waals surface area (Å²) in [6.45, 7) is 1.38. The van der Waals surface area contributed by atoms with Crippen molar-refractivity contribution >= 4 is 11.7 Å². The quantitative estimate of drug-likeness (QED) is 0.704. The number of anilines is 1. The first-order valence-electron chi connectivity index (χ1n) is 12.2. The summed E-state index contributed by atoms with van der Waals surface area (Å²) in [5.41, 5.74) is 1.53. The molecule has 2 aliphatic carbocycles. The minimum absolute atomic E-state index is 0.00447. The number of carbonyl (C=O) groups is 1. The van der Waals surface area contributed by atoms with Crippen LogP contribution in [0.1, 0.15) is 56.3 Å². The van der Waals surface area contributed by atoms with Crippen molar-refractivity contribution < 1.29 is 9.53 Å². The molecule has 8 nitrogen and oxygen atoms in total. The molecule has 3 aliphatic rings. The second kappa shape index (κ2) is 8.88. The van der Waals surface area contributed by atoms with E-state index in [0.717, 1.165) is 32.2 Å². The number of benzene rings is 1. The van der Waals surface area contributed by atoms with Gasteiger partial charge in [-0.3, -0.25) is 4.90 Å². The minimum atomic E-state index is -0.235. The van der Waals surface area contributed by atoms with Crippen LogP contribution >= 0.6 is 0 Å². The molecule has 0 atom stereocenters. The molecule has 0 bridgehead atoms. The van der Waals surface area contributed by atoms with Crippen molar-refractivity contribution in [1.82, 2.24) is 20.2 Å². The number of nitrogens with one attached hydrogen (secondary N) is 1. The third-order valence-corrected chi connectivity index (χ3v) is 8.31. The number of amides is 2. The molecule has 3 fully saturated rings. The second-order valence-electron chi connectivity index (χ2n) is 9.90. The van der Waals surface area contributed by atoms with E-state index in [9.17, 15) is 10.1 Å². The molecule has 1 N–H and O–H groups in total. The molecular formula is C26H32N6O2. The van der Waals surface area contributed by atoms with Crippen LogP contribution in [0.3, 0.4) is 0 Å². The average molecular weight is 461 g/mol. The van der Waals surface area contributed by atoms with Crippen LogP contribution in [-0.4, -0.2) is 53.7 Å². The Hall–Kier alpha value is -3.18. The lowest BCUT2D eigenvalue weighted by Crippen LogP contribution is -2.56. The third kappa shape index (κ3) is 3.68. The van der Waals surface area contributed by atoms with Gasteiger partial charge in [-0.1, -0.05) is 36.8 Å².